The molecule has 2 aliphatic rings. The van der Waals surface area contributed by atoms with Crippen molar-refractivity contribution in [1.29, 1.82) is 0 Å². The number of hydrogen-bond donors (Lipinski definition) is 2. The average Bonchev–Trinajstić information content (AvgIpc) is 3.14. The third kappa shape index (κ3) is 2.36. The maximum Gasteiger partial charge on any atom is 0.326 e. The van der Waals surface area contributed by atoms with Gasteiger partial charge in [0.25, 0.3) is 0 Å². The molecule has 2 aromatic rings. The summed E-state index contributed by atoms with van der Waals surface area (Å²) in [6.07, 6.45) is 3.17. The minimum absolute atomic E-state index is 0.124. The van der Waals surface area contributed by atoms with E-state index in [1.807, 2.05) is 4.57 Å². The lowest BCUT2D eigenvalue weighted by atomic mass is 10.0. The van der Waals surface area contributed by atoms with Gasteiger partial charge in [0.15, 0.2) is 0 Å². The fraction of sp³-hybridized carbons (Fsp3) is 0.562. The first-order chi connectivity index (χ1) is 10.7. The van der Waals surface area contributed by atoms with Crippen LogP contribution in [-0.2, 0) is 0 Å². The molecule has 118 valence electrons. The van der Waals surface area contributed by atoms with E-state index in [1.165, 1.54) is 18.6 Å². The van der Waals surface area contributed by atoms with E-state index in [2.05, 4.69) is 15.2 Å². The summed E-state index contributed by atoms with van der Waals surface area (Å²) in [5.74, 6) is -0.315. The third-order valence-corrected chi connectivity index (χ3v) is 5.09. The highest BCUT2D eigenvalue weighted by molar-refractivity contribution is 5.75. The van der Waals surface area contributed by atoms with Gasteiger partial charge in [-0.1, -0.05) is 0 Å². The van der Waals surface area contributed by atoms with Crippen molar-refractivity contribution in [2.45, 2.75) is 31.3 Å². The van der Waals surface area contributed by atoms with Crippen molar-refractivity contribution >= 4 is 11.0 Å². The second-order valence-electron chi connectivity index (χ2n) is 6.38. The summed E-state index contributed by atoms with van der Waals surface area (Å²) in [6.45, 7) is 4.24. The van der Waals surface area contributed by atoms with Gasteiger partial charge < -0.3 is 10.3 Å². The van der Waals surface area contributed by atoms with Crippen LogP contribution in [0.25, 0.3) is 11.0 Å². The van der Waals surface area contributed by atoms with Crippen molar-refractivity contribution in [2.75, 3.05) is 26.2 Å². The van der Waals surface area contributed by atoms with Gasteiger partial charge in [-0.25, -0.2) is 9.18 Å². The van der Waals surface area contributed by atoms with E-state index in [-0.39, 0.29) is 17.5 Å². The number of nitrogens with zero attached hydrogens (tertiary/aromatic N) is 2. The number of nitrogens with one attached hydrogen (secondary N) is 2. The Labute approximate surface area is 128 Å². The Hall–Kier alpha value is -1.66. The Bertz CT molecular complexity index is 723. The smallest absolute Gasteiger partial charge is 0.315 e. The molecule has 4 rings (SSSR count). The van der Waals surface area contributed by atoms with Crippen LogP contribution >= 0.6 is 0 Å². The van der Waals surface area contributed by atoms with Crippen LogP contribution in [0, 0.1) is 5.82 Å². The summed E-state index contributed by atoms with van der Waals surface area (Å²) in [6, 6.07) is 5.38. The number of piperidine rings is 1. The van der Waals surface area contributed by atoms with Gasteiger partial charge in [-0.3, -0.25) is 9.47 Å². The molecule has 0 spiro atoms. The van der Waals surface area contributed by atoms with Gasteiger partial charge >= 0.3 is 5.69 Å². The number of H-pyrrole nitrogens is 1. The molecule has 0 aliphatic carbocycles. The third-order valence-electron chi connectivity index (χ3n) is 5.09. The van der Waals surface area contributed by atoms with E-state index in [0.29, 0.717) is 11.6 Å². The average molecular weight is 304 g/mol. The molecule has 22 heavy (non-hydrogen) atoms. The SMILES string of the molecule is O=c1[nH]c2cc(F)ccc2n1C1CCN([C@H]2CCNC2)CC1. The molecule has 0 saturated carbocycles. The highest BCUT2D eigenvalue weighted by Crippen LogP contribution is 2.27. The van der Waals surface area contributed by atoms with Gasteiger partial charge in [-0.05, 0) is 44.0 Å². The van der Waals surface area contributed by atoms with Crippen LogP contribution in [0.3, 0.4) is 0 Å². The van der Waals surface area contributed by atoms with E-state index in [4.69, 9.17) is 0 Å². The first-order valence-corrected chi connectivity index (χ1v) is 8.07. The second-order valence-corrected chi connectivity index (χ2v) is 6.38. The van der Waals surface area contributed by atoms with E-state index in [1.54, 1.807) is 6.07 Å². The molecule has 2 N–H and O–H groups in total. The van der Waals surface area contributed by atoms with Gasteiger partial charge in [0.05, 0.1) is 11.0 Å². The number of likely N-dealkylation sites (tertiary alicyclic amines) is 1. The number of fused-ring (bicyclic) bond motifs is 1. The minimum Gasteiger partial charge on any atom is -0.315 e. The number of hydrogen-bond acceptors (Lipinski definition) is 3. The summed E-state index contributed by atoms with van der Waals surface area (Å²) in [5, 5.41) is 3.41. The zero-order valence-electron chi connectivity index (χ0n) is 12.5. The molecule has 0 unspecified atom stereocenters. The number of aromatic nitrogens is 2. The Balaban J connectivity index is 1.56. The van der Waals surface area contributed by atoms with Crippen LogP contribution < -0.4 is 11.0 Å². The zero-order valence-corrected chi connectivity index (χ0v) is 12.5. The van der Waals surface area contributed by atoms with Crippen LogP contribution in [0.1, 0.15) is 25.3 Å². The van der Waals surface area contributed by atoms with Crippen molar-refractivity contribution in [3.05, 3.63) is 34.5 Å². The topological polar surface area (TPSA) is 53.1 Å². The normalized spacial score (nSPS) is 24.3. The molecule has 0 bridgehead atoms. The summed E-state index contributed by atoms with van der Waals surface area (Å²) < 4.78 is 15.1. The summed E-state index contributed by atoms with van der Waals surface area (Å²) in [5.41, 5.74) is 1.28. The first-order valence-electron chi connectivity index (χ1n) is 8.07. The fourth-order valence-corrected chi connectivity index (χ4v) is 3.93. The summed E-state index contributed by atoms with van der Waals surface area (Å²) in [7, 11) is 0. The van der Waals surface area contributed by atoms with Crippen LogP contribution in [0.5, 0.6) is 0 Å². The van der Waals surface area contributed by atoms with Gasteiger partial charge in [0.1, 0.15) is 5.82 Å². The van der Waals surface area contributed by atoms with Crippen molar-refractivity contribution in [3.8, 4) is 0 Å². The number of aromatic amines is 1. The fourth-order valence-electron chi connectivity index (χ4n) is 3.93. The van der Waals surface area contributed by atoms with Gasteiger partial charge in [0, 0.05) is 31.7 Å². The second kappa shape index (κ2) is 5.52. The van der Waals surface area contributed by atoms with E-state index in [0.717, 1.165) is 44.5 Å². The lowest BCUT2D eigenvalue weighted by Gasteiger charge is -2.36. The Morgan fingerprint density at radius 2 is 1.95 bits per heavy atom. The molecule has 5 nitrogen and oxygen atoms in total. The number of halogens is 1. The standard InChI is InChI=1S/C16H21FN4O/c17-11-1-2-15-14(9-11)19-16(22)21(15)12-4-7-20(8-5-12)13-3-6-18-10-13/h1-2,9,12-13,18H,3-8,10H2,(H,19,22)/t13-/m0/s1. The molecule has 2 fully saturated rings. The summed E-state index contributed by atoms with van der Waals surface area (Å²) >= 11 is 0. The van der Waals surface area contributed by atoms with Crippen LogP contribution in [0.2, 0.25) is 0 Å². The largest absolute Gasteiger partial charge is 0.326 e. The Morgan fingerprint density at radius 1 is 1.14 bits per heavy atom. The molecule has 6 heteroatoms. The van der Waals surface area contributed by atoms with E-state index < -0.39 is 0 Å². The van der Waals surface area contributed by atoms with Crippen molar-refractivity contribution in [3.63, 3.8) is 0 Å². The number of imidazole rings is 1. The lowest BCUT2D eigenvalue weighted by Crippen LogP contribution is -2.43. The van der Waals surface area contributed by atoms with Crippen molar-refractivity contribution in [1.82, 2.24) is 19.8 Å². The van der Waals surface area contributed by atoms with E-state index in [9.17, 15) is 9.18 Å². The zero-order chi connectivity index (χ0) is 15.1. The molecule has 2 saturated heterocycles. The maximum atomic E-state index is 13.3. The Kier molecular flexibility index (Phi) is 3.50. The maximum absolute atomic E-state index is 13.3. The monoisotopic (exact) mass is 304 g/mol. The van der Waals surface area contributed by atoms with Crippen LogP contribution in [-0.4, -0.2) is 46.7 Å². The molecule has 1 aromatic carbocycles. The minimum atomic E-state index is -0.315. The number of rotatable bonds is 2. The first kappa shape index (κ1) is 14.0. The predicted molar refractivity (Wildman–Crippen MR) is 83.6 cm³/mol. The molecule has 3 heterocycles. The van der Waals surface area contributed by atoms with Gasteiger partial charge in [-0.2, -0.15) is 0 Å². The lowest BCUT2D eigenvalue weighted by molar-refractivity contribution is 0.143. The van der Waals surface area contributed by atoms with E-state index >= 15 is 0 Å². The molecular formula is C16H21FN4O. The molecule has 1 atom stereocenters. The molecule has 0 amide bonds. The molecular weight excluding hydrogens is 283 g/mol. The van der Waals surface area contributed by atoms with Crippen LogP contribution in [0.15, 0.2) is 23.0 Å². The number of benzene rings is 1. The Morgan fingerprint density at radius 3 is 2.68 bits per heavy atom. The summed E-state index contributed by atoms with van der Waals surface area (Å²) in [4.78, 5) is 17.6. The van der Waals surface area contributed by atoms with Gasteiger partial charge in [-0.15, -0.1) is 0 Å². The quantitative estimate of drug-likeness (QED) is 0.883. The highest BCUT2D eigenvalue weighted by Gasteiger charge is 2.28. The highest BCUT2D eigenvalue weighted by atomic mass is 19.1. The van der Waals surface area contributed by atoms with Crippen LogP contribution in [0.4, 0.5) is 4.39 Å². The van der Waals surface area contributed by atoms with Crippen molar-refractivity contribution < 1.29 is 4.39 Å². The predicted octanol–water partition coefficient (Wildman–Crippen LogP) is 1.47. The van der Waals surface area contributed by atoms with Crippen molar-refractivity contribution in [2.24, 2.45) is 0 Å². The molecule has 0 radical (unpaired) electrons. The molecule has 1 aromatic heterocycles. The molecule has 2 aliphatic heterocycles. The van der Waals surface area contributed by atoms with Gasteiger partial charge in [0.2, 0.25) is 0 Å².